The molecule has 1 aliphatic heterocycles. The van der Waals surface area contributed by atoms with Gasteiger partial charge in [-0.2, -0.15) is 0 Å². The smallest absolute Gasteiger partial charge is 0.329 e. The lowest BCUT2D eigenvalue weighted by Gasteiger charge is -2.36. The molecular weight excluding hydrogens is 430 g/mol. The molecule has 0 spiro atoms. The highest BCUT2D eigenvalue weighted by Gasteiger charge is 2.23. The van der Waals surface area contributed by atoms with Crippen molar-refractivity contribution in [1.29, 1.82) is 0 Å². The van der Waals surface area contributed by atoms with E-state index in [1.54, 1.807) is 42.3 Å². The predicted molar refractivity (Wildman–Crippen MR) is 120 cm³/mol. The monoisotopic (exact) mass is 453 g/mol. The quantitative estimate of drug-likeness (QED) is 0.312. The summed E-state index contributed by atoms with van der Waals surface area (Å²) in [6.45, 7) is 1.33. The van der Waals surface area contributed by atoms with Crippen LogP contribution >= 0.6 is 0 Å². The van der Waals surface area contributed by atoms with Crippen molar-refractivity contribution in [2.24, 2.45) is 7.05 Å². The lowest BCUT2D eigenvalue weighted by Crippen LogP contribution is -2.50. The van der Waals surface area contributed by atoms with Crippen LogP contribution in [0.2, 0.25) is 0 Å². The van der Waals surface area contributed by atoms with Crippen LogP contribution in [0.15, 0.2) is 53.3 Å². The van der Waals surface area contributed by atoms with Crippen molar-refractivity contribution in [1.82, 2.24) is 14.0 Å². The summed E-state index contributed by atoms with van der Waals surface area (Å²) in [7, 11) is 1.63. The second-order valence-corrected chi connectivity index (χ2v) is 7.72. The summed E-state index contributed by atoms with van der Waals surface area (Å²) in [6, 6.07) is 13.4. The molecule has 4 rings (SSSR count). The molecule has 11 nitrogen and oxygen atoms in total. The number of amides is 1. The average Bonchev–Trinajstić information content (AvgIpc) is 3.07. The summed E-state index contributed by atoms with van der Waals surface area (Å²) < 4.78 is 7.93. The zero-order valence-corrected chi connectivity index (χ0v) is 18.0. The zero-order valence-electron chi connectivity index (χ0n) is 18.0. The van der Waals surface area contributed by atoms with Gasteiger partial charge in [-0.05, 0) is 24.3 Å². The van der Waals surface area contributed by atoms with Gasteiger partial charge in [0.2, 0.25) is 0 Å². The largest absolute Gasteiger partial charge is 0.454 e. The summed E-state index contributed by atoms with van der Waals surface area (Å²) in [5.41, 5.74) is 1.87. The van der Waals surface area contributed by atoms with E-state index in [0.29, 0.717) is 37.2 Å². The van der Waals surface area contributed by atoms with Crippen LogP contribution in [0.25, 0.3) is 11.0 Å². The first-order chi connectivity index (χ1) is 15.8. The number of nitro benzene ring substituents is 1. The number of anilines is 1. The number of aryl methyl sites for hydroxylation is 1. The fourth-order valence-electron chi connectivity index (χ4n) is 3.92. The molecule has 33 heavy (non-hydrogen) atoms. The Balaban J connectivity index is 1.28. The summed E-state index contributed by atoms with van der Waals surface area (Å²) in [6.07, 6.45) is 0. The molecule has 1 aromatic heterocycles. The first-order valence-electron chi connectivity index (χ1n) is 10.4. The topological polar surface area (TPSA) is 120 Å². The number of rotatable bonds is 6. The Morgan fingerprint density at radius 2 is 1.64 bits per heavy atom. The highest BCUT2D eigenvalue weighted by atomic mass is 16.6. The number of hydrogen-bond acceptors (Lipinski definition) is 7. The number of ether oxygens (including phenoxy) is 1. The predicted octanol–water partition coefficient (Wildman–Crippen LogP) is 1.14. The van der Waals surface area contributed by atoms with E-state index in [2.05, 4.69) is 0 Å². The van der Waals surface area contributed by atoms with Gasteiger partial charge in [0, 0.05) is 51.0 Å². The fourth-order valence-corrected chi connectivity index (χ4v) is 3.92. The van der Waals surface area contributed by atoms with Crippen LogP contribution in [-0.4, -0.2) is 63.6 Å². The minimum atomic E-state index is -0.661. The van der Waals surface area contributed by atoms with Gasteiger partial charge in [-0.15, -0.1) is 0 Å². The molecule has 0 unspecified atom stereocenters. The number of nitro groups is 1. The molecule has 1 fully saturated rings. The third kappa shape index (κ3) is 4.56. The van der Waals surface area contributed by atoms with E-state index in [0.717, 1.165) is 5.69 Å². The van der Waals surface area contributed by atoms with Crippen LogP contribution in [-0.2, 0) is 27.9 Å². The molecule has 1 saturated heterocycles. The van der Waals surface area contributed by atoms with Crippen molar-refractivity contribution in [3.05, 3.63) is 69.1 Å². The van der Waals surface area contributed by atoms with Crippen LogP contribution in [0.1, 0.15) is 0 Å². The summed E-state index contributed by atoms with van der Waals surface area (Å²) in [5.74, 6) is -0.969. The number of fused-ring (bicyclic) bond motifs is 1. The Morgan fingerprint density at radius 3 is 2.27 bits per heavy atom. The number of nitrogens with zero attached hydrogens (tertiary/aromatic N) is 5. The molecule has 0 N–H and O–H groups in total. The van der Waals surface area contributed by atoms with Gasteiger partial charge in [0.25, 0.3) is 11.6 Å². The van der Waals surface area contributed by atoms with Crippen molar-refractivity contribution < 1.29 is 19.2 Å². The second-order valence-electron chi connectivity index (χ2n) is 7.72. The molecule has 172 valence electrons. The van der Waals surface area contributed by atoms with E-state index in [9.17, 15) is 24.5 Å². The SMILES string of the molecule is Cn1c(=O)n(CC(=O)OCC(=O)N2CCN(c3ccc([N+](=O)[O-])cc3)CC2)c2ccccc21. The first kappa shape index (κ1) is 22.1. The van der Waals surface area contributed by atoms with Gasteiger partial charge in [-0.3, -0.25) is 28.8 Å². The van der Waals surface area contributed by atoms with Gasteiger partial charge in [0.05, 0.1) is 16.0 Å². The van der Waals surface area contributed by atoms with Gasteiger partial charge in [0.15, 0.2) is 6.61 Å². The van der Waals surface area contributed by atoms with Crippen LogP contribution in [0.3, 0.4) is 0 Å². The third-order valence-corrected chi connectivity index (χ3v) is 5.75. The Kier molecular flexibility index (Phi) is 6.11. The summed E-state index contributed by atoms with van der Waals surface area (Å²) >= 11 is 0. The number of para-hydroxylation sites is 2. The van der Waals surface area contributed by atoms with E-state index >= 15 is 0 Å². The molecule has 0 saturated carbocycles. The third-order valence-electron chi connectivity index (χ3n) is 5.75. The summed E-state index contributed by atoms with van der Waals surface area (Å²) in [4.78, 5) is 51.2. The molecule has 2 aromatic carbocycles. The van der Waals surface area contributed by atoms with Crippen molar-refractivity contribution in [3.8, 4) is 0 Å². The molecule has 11 heteroatoms. The van der Waals surface area contributed by atoms with Crippen LogP contribution in [0, 0.1) is 10.1 Å². The van der Waals surface area contributed by atoms with Crippen molar-refractivity contribution >= 4 is 34.3 Å². The van der Waals surface area contributed by atoms with E-state index in [4.69, 9.17) is 4.74 Å². The maximum Gasteiger partial charge on any atom is 0.329 e. The average molecular weight is 453 g/mol. The standard InChI is InChI=1S/C22H23N5O6/c1-23-18-4-2-3-5-19(18)26(22(23)30)14-21(29)33-15-20(28)25-12-10-24(11-13-25)16-6-8-17(9-7-16)27(31)32/h2-9H,10-15H2,1H3. The van der Waals surface area contributed by atoms with Gasteiger partial charge in [0.1, 0.15) is 6.54 Å². The number of imidazole rings is 1. The maximum absolute atomic E-state index is 12.5. The lowest BCUT2D eigenvalue weighted by atomic mass is 10.2. The number of esters is 1. The van der Waals surface area contributed by atoms with Crippen molar-refractivity contribution in [2.45, 2.75) is 6.54 Å². The number of hydrogen-bond donors (Lipinski definition) is 0. The molecule has 1 aliphatic rings. The number of carbonyl (C=O) groups excluding carboxylic acids is 2. The van der Waals surface area contributed by atoms with Crippen LogP contribution in [0.5, 0.6) is 0 Å². The minimum absolute atomic E-state index is 0.0279. The molecule has 0 radical (unpaired) electrons. The number of piperazine rings is 1. The molecule has 0 aliphatic carbocycles. The first-order valence-corrected chi connectivity index (χ1v) is 10.4. The summed E-state index contributed by atoms with van der Waals surface area (Å²) in [5, 5.41) is 10.8. The zero-order chi connectivity index (χ0) is 23.5. The maximum atomic E-state index is 12.5. The van der Waals surface area contributed by atoms with E-state index < -0.39 is 17.5 Å². The Morgan fingerprint density at radius 1 is 1.00 bits per heavy atom. The van der Waals surface area contributed by atoms with Gasteiger partial charge >= 0.3 is 11.7 Å². The van der Waals surface area contributed by atoms with Crippen molar-refractivity contribution in [3.63, 3.8) is 0 Å². The number of carbonyl (C=O) groups is 2. The van der Waals surface area contributed by atoms with E-state index in [1.165, 1.54) is 21.3 Å². The fraction of sp³-hybridized carbons (Fsp3) is 0.318. The van der Waals surface area contributed by atoms with E-state index in [-0.39, 0.29) is 23.8 Å². The van der Waals surface area contributed by atoms with Gasteiger partial charge < -0.3 is 14.5 Å². The number of benzene rings is 2. The second kappa shape index (κ2) is 9.15. The molecular formula is C22H23N5O6. The number of non-ortho nitro benzene ring substituents is 1. The van der Waals surface area contributed by atoms with E-state index in [1.807, 2.05) is 11.0 Å². The van der Waals surface area contributed by atoms with Gasteiger partial charge in [-0.1, -0.05) is 12.1 Å². The Bertz CT molecular complexity index is 1250. The highest BCUT2D eigenvalue weighted by Crippen LogP contribution is 2.20. The minimum Gasteiger partial charge on any atom is -0.454 e. The number of aromatic nitrogens is 2. The van der Waals surface area contributed by atoms with Gasteiger partial charge in [-0.25, -0.2) is 4.79 Å². The molecule has 0 bridgehead atoms. The Hall–Kier alpha value is -4.15. The van der Waals surface area contributed by atoms with Crippen molar-refractivity contribution in [2.75, 3.05) is 37.7 Å². The highest BCUT2D eigenvalue weighted by molar-refractivity contribution is 5.82. The molecule has 2 heterocycles. The molecule has 0 atom stereocenters. The Labute approximate surface area is 188 Å². The van der Waals surface area contributed by atoms with Crippen LogP contribution in [0.4, 0.5) is 11.4 Å². The molecule has 1 amide bonds. The van der Waals surface area contributed by atoms with Crippen LogP contribution < -0.4 is 10.6 Å². The normalized spacial score (nSPS) is 13.8. The lowest BCUT2D eigenvalue weighted by molar-refractivity contribution is -0.384. The molecule has 3 aromatic rings.